The van der Waals surface area contributed by atoms with Crippen LogP contribution in [0, 0.1) is 25.5 Å². The molecule has 0 saturated carbocycles. The number of methoxy groups -OCH3 is 2. The smallest absolute Gasteiger partial charge is 0.268 e. The molecule has 0 spiro atoms. The molecule has 5 aromatic rings. The number of ether oxygens (including phenoxy) is 3. The van der Waals surface area contributed by atoms with Gasteiger partial charge >= 0.3 is 0 Å². The molecule has 5 rings (SSSR count). The van der Waals surface area contributed by atoms with Crippen LogP contribution in [0.15, 0.2) is 71.7 Å². The summed E-state index contributed by atoms with van der Waals surface area (Å²) in [6.45, 7) is 3.34. The quantitative estimate of drug-likeness (QED) is 0.272. The van der Waals surface area contributed by atoms with Crippen LogP contribution in [-0.2, 0) is 0 Å². The molecule has 11 heteroatoms. The van der Waals surface area contributed by atoms with E-state index in [4.69, 9.17) is 14.2 Å². The van der Waals surface area contributed by atoms with E-state index in [1.165, 1.54) is 67.4 Å². The molecule has 9 nitrogen and oxygen atoms in total. The number of hydrogen-bond donors (Lipinski definition) is 1. The highest BCUT2D eigenvalue weighted by molar-refractivity contribution is 6.05. The van der Waals surface area contributed by atoms with Crippen LogP contribution in [-0.4, -0.2) is 34.7 Å². The molecule has 0 aliphatic rings. The maximum absolute atomic E-state index is 15.1. The highest BCUT2D eigenvalue weighted by Crippen LogP contribution is 2.35. The van der Waals surface area contributed by atoms with E-state index in [0.29, 0.717) is 33.7 Å². The summed E-state index contributed by atoms with van der Waals surface area (Å²) in [6.07, 6.45) is 1.49. The zero-order valence-corrected chi connectivity index (χ0v) is 22.5. The molecular formula is C30H24F2N4O5. The molecule has 0 saturated heterocycles. The summed E-state index contributed by atoms with van der Waals surface area (Å²) < 4.78 is 46.2. The predicted octanol–water partition coefficient (Wildman–Crippen LogP) is 5.74. The molecule has 0 aliphatic heterocycles. The fourth-order valence-electron chi connectivity index (χ4n) is 4.44. The zero-order chi connectivity index (χ0) is 29.3. The molecule has 3 aromatic heterocycles. The summed E-state index contributed by atoms with van der Waals surface area (Å²) in [6, 6.07) is 14.0. The second-order valence-corrected chi connectivity index (χ2v) is 9.04. The van der Waals surface area contributed by atoms with Gasteiger partial charge in [-0.25, -0.2) is 13.8 Å². The lowest BCUT2D eigenvalue weighted by molar-refractivity contribution is 0.102. The Kier molecular flexibility index (Phi) is 7.34. The van der Waals surface area contributed by atoms with Crippen LogP contribution in [0.5, 0.6) is 23.1 Å². The van der Waals surface area contributed by atoms with E-state index in [-0.39, 0.29) is 28.6 Å². The van der Waals surface area contributed by atoms with Crippen LogP contribution in [0.2, 0.25) is 0 Å². The Labute approximate surface area is 233 Å². The van der Waals surface area contributed by atoms with Crippen molar-refractivity contribution in [3.63, 3.8) is 0 Å². The molecule has 0 bridgehead atoms. The third kappa shape index (κ3) is 5.29. The van der Waals surface area contributed by atoms with E-state index >= 15 is 4.39 Å². The summed E-state index contributed by atoms with van der Waals surface area (Å²) in [5, 5.41) is 2.58. The lowest BCUT2D eigenvalue weighted by atomic mass is 10.1. The number of hydrogen-bond acceptors (Lipinski definition) is 7. The Morgan fingerprint density at radius 1 is 0.902 bits per heavy atom. The van der Waals surface area contributed by atoms with Crippen molar-refractivity contribution in [2.24, 2.45) is 0 Å². The first-order chi connectivity index (χ1) is 19.7. The third-order valence-corrected chi connectivity index (χ3v) is 6.33. The van der Waals surface area contributed by atoms with E-state index in [9.17, 15) is 14.0 Å². The second-order valence-electron chi connectivity index (χ2n) is 9.04. The first kappa shape index (κ1) is 27.3. The van der Waals surface area contributed by atoms with Crippen LogP contribution in [0.3, 0.4) is 0 Å². The average Bonchev–Trinajstić information content (AvgIpc) is 2.94. The normalized spacial score (nSPS) is 10.9. The highest BCUT2D eigenvalue weighted by Gasteiger charge is 2.20. The fourth-order valence-corrected chi connectivity index (χ4v) is 4.44. The molecule has 0 fully saturated rings. The number of amides is 1. The largest absolute Gasteiger partial charge is 0.491 e. The Balaban J connectivity index is 1.42. The molecule has 1 amide bonds. The van der Waals surface area contributed by atoms with Crippen molar-refractivity contribution in [2.45, 2.75) is 13.8 Å². The van der Waals surface area contributed by atoms with E-state index < -0.39 is 23.1 Å². The maximum Gasteiger partial charge on any atom is 0.268 e. The molecule has 0 aliphatic carbocycles. The van der Waals surface area contributed by atoms with Crippen molar-refractivity contribution < 1.29 is 27.8 Å². The number of nitrogens with one attached hydrogen (secondary N) is 1. The molecule has 41 heavy (non-hydrogen) atoms. The number of carbonyl (C=O) groups excluding carboxylic acids is 1. The van der Waals surface area contributed by atoms with Gasteiger partial charge in [-0.3, -0.25) is 19.1 Å². The van der Waals surface area contributed by atoms with Gasteiger partial charge in [0.1, 0.15) is 16.9 Å². The monoisotopic (exact) mass is 558 g/mol. The van der Waals surface area contributed by atoms with Gasteiger partial charge in [-0.05, 0) is 61.9 Å². The molecule has 3 heterocycles. The highest BCUT2D eigenvalue weighted by atomic mass is 19.1. The molecule has 2 aromatic carbocycles. The summed E-state index contributed by atoms with van der Waals surface area (Å²) in [7, 11) is 2.92. The SMILES string of the molecule is COc1cc2nccc(Oc3ccc(NC(=O)c4c(C)cc(C)n(-c5ccc(F)cc5)c4=O)cc3F)c2nc1OC. The van der Waals surface area contributed by atoms with Gasteiger partial charge in [0.05, 0.1) is 19.7 Å². The zero-order valence-electron chi connectivity index (χ0n) is 22.5. The summed E-state index contributed by atoms with van der Waals surface area (Å²) in [5.41, 5.74) is 1.58. The van der Waals surface area contributed by atoms with Gasteiger partial charge in [-0.15, -0.1) is 0 Å². The van der Waals surface area contributed by atoms with Crippen LogP contribution in [0.1, 0.15) is 21.6 Å². The Bertz CT molecular complexity index is 1860. The number of anilines is 1. The van der Waals surface area contributed by atoms with Crippen LogP contribution >= 0.6 is 0 Å². The minimum Gasteiger partial charge on any atom is -0.491 e. The first-order valence-electron chi connectivity index (χ1n) is 12.4. The van der Waals surface area contributed by atoms with E-state index in [1.807, 2.05) is 0 Å². The fraction of sp³-hybridized carbons (Fsp3) is 0.133. The third-order valence-electron chi connectivity index (χ3n) is 6.33. The number of fused-ring (bicyclic) bond motifs is 1. The van der Waals surface area contributed by atoms with E-state index in [2.05, 4.69) is 15.3 Å². The lowest BCUT2D eigenvalue weighted by Crippen LogP contribution is -2.31. The number of pyridine rings is 3. The van der Waals surface area contributed by atoms with Gasteiger partial charge in [0.25, 0.3) is 17.3 Å². The van der Waals surface area contributed by atoms with E-state index in [1.54, 1.807) is 26.0 Å². The predicted molar refractivity (Wildman–Crippen MR) is 149 cm³/mol. The number of rotatable bonds is 7. The van der Waals surface area contributed by atoms with Gasteiger partial charge in [0.15, 0.2) is 23.1 Å². The number of aryl methyl sites for hydroxylation is 2. The standard InChI is InChI=1S/C30H24F2N4O5/c1-16-13-17(2)36(20-8-5-18(31)6-9-20)30(38)26(16)28(37)34-19-7-10-23(21(32)14-19)41-24-11-12-33-22-15-25(39-3)29(40-4)35-27(22)24/h5-15H,1-4H3,(H,34,37). The topological polar surface area (TPSA) is 105 Å². The number of aromatic nitrogens is 3. The molecule has 0 radical (unpaired) electrons. The summed E-state index contributed by atoms with van der Waals surface area (Å²) in [5.74, 6) is -1.25. The number of nitrogens with zero attached hydrogens (tertiary/aromatic N) is 3. The van der Waals surface area contributed by atoms with Gasteiger partial charge in [-0.1, -0.05) is 0 Å². The number of benzene rings is 2. The summed E-state index contributed by atoms with van der Waals surface area (Å²) >= 11 is 0. The molecule has 1 N–H and O–H groups in total. The average molecular weight is 559 g/mol. The van der Waals surface area contributed by atoms with Gasteiger partial charge in [0, 0.05) is 41.5 Å². The second kappa shape index (κ2) is 11.0. The Morgan fingerprint density at radius 3 is 2.34 bits per heavy atom. The van der Waals surface area contributed by atoms with Crippen LogP contribution < -0.4 is 25.1 Å². The lowest BCUT2D eigenvalue weighted by Gasteiger charge is -2.15. The number of halogens is 2. The minimum absolute atomic E-state index is 0.108. The van der Waals surface area contributed by atoms with Crippen molar-refractivity contribution in [3.05, 3.63) is 106 Å². The minimum atomic E-state index is -0.766. The Hall–Kier alpha value is -5.32. The Morgan fingerprint density at radius 2 is 1.66 bits per heavy atom. The van der Waals surface area contributed by atoms with Crippen molar-refractivity contribution >= 4 is 22.6 Å². The summed E-state index contributed by atoms with van der Waals surface area (Å²) in [4.78, 5) is 35.1. The van der Waals surface area contributed by atoms with Gasteiger partial charge in [0.2, 0.25) is 0 Å². The van der Waals surface area contributed by atoms with Crippen LogP contribution in [0.4, 0.5) is 14.5 Å². The van der Waals surface area contributed by atoms with Crippen molar-refractivity contribution in [2.75, 3.05) is 19.5 Å². The van der Waals surface area contributed by atoms with Crippen molar-refractivity contribution in [3.8, 4) is 28.8 Å². The molecular weight excluding hydrogens is 534 g/mol. The van der Waals surface area contributed by atoms with Crippen molar-refractivity contribution in [1.29, 1.82) is 0 Å². The molecule has 0 unspecified atom stereocenters. The van der Waals surface area contributed by atoms with Crippen LogP contribution in [0.25, 0.3) is 16.7 Å². The van der Waals surface area contributed by atoms with Crippen molar-refractivity contribution in [1.82, 2.24) is 14.5 Å². The van der Waals surface area contributed by atoms with Gasteiger partial charge in [-0.2, -0.15) is 0 Å². The van der Waals surface area contributed by atoms with Gasteiger partial charge < -0.3 is 19.5 Å². The van der Waals surface area contributed by atoms with E-state index in [0.717, 1.165) is 6.07 Å². The number of carbonyl (C=O) groups is 1. The first-order valence-corrected chi connectivity index (χ1v) is 12.4. The maximum atomic E-state index is 15.1. The molecule has 0 atom stereocenters. The molecule has 208 valence electrons.